The molecule has 0 bridgehead atoms. The van der Waals surface area contributed by atoms with Crippen LogP contribution in [0, 0.1) is 0 Å². The van der Waals surface area contributed by atoms with E-state index in [0.29, 0.717) is 24.3 Å². The molecule has 1 heterocycles. The van der Waals surface area contributed by atoms with Crippen LogP contribution in [-0.4, -0.2) is 53.9 Å². The number of carbonyl (C=O) groups is 3. The average Bonchev–Trinajstić information content (AvgIpc) is 2.89. The Morgan fingerprint density at radius 2 is 1.88 bits per heavy atom. The van der Waals surface area contributed by atoms with E-state index in [0.717, 1.165) is 10.5 Å². The number of nitrogens with one attached hydrogen (secondary N) is 1. The van der Waals surface area contributed by atoms with Crippen LogP contribution in [0.2, 0.25) is 0 Å². The number of thioether (sulfide) groups is 1. The zero-order chi connectivity index (χ0) is 22.2. The molecule has 0 unspecified atom stereocenters. The van der Waals surface area contributed by atoms with E-state index in [1.54, 1.807) is 19.1 Å². The molecule has 9 heteroatoms. The minimum Gasteiger partial charge on any atom is -0.480 e. The summed E-state index contributed by atoms with van der Waals surface area (Å²) in [5.41, 5.74) is 1.65. The van der Waals surface area contributed by atoms with Gasteiger partial charge in [0.1, 0.15) is 12.6 Å². The predicted octanol–water partition coefficient (Wildman–Crippen LogP) is 3.15. The smallest absolute Gasteiger partial charge is 0.323 e. The zero-order valence-electron chi connectivity index (χ0n) is 17.7. The first-order valence-electron chi connectivity index (χ1n) is 10.2. The fraction of sp³-hybridized carbons (Fsp3) is 0.348. The van der Waals surface area contributed by atoms with E-state index in [1.807, 2.05) is 42.5 Å². The lowest BCUT2D eigenvalue weighted by Crippen LogP contribution is -2.54. The van der Waals surface area contributed by atoms with Crippen LogP contribution in [0.4, 0.5) is 5.69 Å². The third kappa shape index (κ3) is 6.72. The van der Waals surface area contributed by atoms with Crippen LogP contribution < -0.4 is 10.2 Å². The number of rotatable bonds is 9. The lowest BCUT2D eigenvalue weighted by molar-refractivity contribution is -0.146. The number of para-hydroxylation sites is 1. The highest BCUT2D eigenvalue weighted by Crippen LogP contribution is 2.34. The fourth-order valence-electron chi connectivity index (χ4n) is 3.48. The highest BCUT2D eigenvalue weighted by molar-refractivity contribution is 7.99. The van der Waals surface area contributed by atoms with Crippen molar-refractivity contribution in [1.29, 1.82) is 0 Å². The van der Waals surface area contributed by atoms with Gasteiger partial charge in [0.05, 0.1) is 18.3 Å². The number of halogens is 1. The number of hydrogen-bond donors (Lipinski definition) is 2. The summed E-state index contributed by atoms with van der Waals surface area (Å²) in [5, 5.41) is 12.5. The van der Waals surface area contributed by atoms with E-state index in [2.05, 4.69) is 5.32 Å². The lowest BCUT2D eigenvalue weighted by atomic mass is 10.0. The maximum atomic E-state index is 13.3. The maximum Gasteiger partial charge on any atom is 0.323 e. The Bertz CT molecular complexity index is 928. The highest BCUT2D eigenvalue weighted by atomic mass is 35.5. The number of nitrogens with zero attached hydrogens (tertiary/aromatic N) is 1. The van der Waals surface area contributed by atoms with Crippen molar-refractivity contribution in [3.8, 4) is 0 Å². The normalized spacial score (nSPS) is 16.3. The van der Waals surface area contributed by atoms with Crippen molar-refractivity contribution in [2.45, 2.75) is 36.7 Å². The van der Waals surface area contributed by atoms with Gasteiger partial charge in [0, 0.05) is 10.6 Å². The number of ether oxygens (including phenoxy) is 1. The number of hydrogen-bond acceptors (Lipinski definition) is 6. The maximum absolute atomic E-state index is 13.3. The Morgan fingerprint density at radius 3 is 2.56 bits per heavy atom. The third-order valence-corrected chi connectivity index (χ3v) is 6.11. The van der Waals surface area contributed by atoms with Gasteiger partial charge in [-0.25, -0.2) is 0 Å². The van der Waals surface area contributed by atoms with Crippen LogP contribution in [0.3, 0.4) is 0 Å². The Hall–Kier alpha value is -2.55. The number of carboxylic acid groups (broad SMARTS) is 1. The summed E-state index contributed by atoms with van der Waals surface area (Å²) in [6.45, 7) is 1.54. The monoisotopic (exact) mass is 478 g/mol. The summed E-state index contributed by atoms with van der Waals surface area (Å²) in [6.07, 6.45) is 1.10. The van der Waals surface area contributed by atoms with Crippen molar-refractivity contribution in [2.75, 3.05) is 23.8 Å². The molecule has 1 amide bonds. The molecule has 0 saturated heterocycles. The van der Waals surface area contributed by atoms with Crippen LogP contribution >= 0.6 is 24.2 Å². The number of carboxylic acids is 1. The Kier molecular flexibility index (Phi) is 10.0. The number of esters is 1. The van der Waals surface area contributed by atoms with Gasteiger partial charge in [-0.05, 0) is 37.5 Å². The Morgan fingerprint density at radius 1 is 1.19 bits per heavy atom. The molecule has 0 radical (unpaired) electrons. The quantitative estimate of drug-likeness (QED) is 0.534. The molecule has 0 fully saturated rings. The molecule has 7 nitrogen and oxygen atoms in total. The molecule has 1 aliphatic heterocycles. The number of fused-ring (bicyclic) bond motifs is 1. The second kappa shape index (κ2) is 12.5. The molecule has 172 valence electrons. The van der Waals surface area contributed by atoms with Crippen molar-refractivity contribution in [2.24, 2.45) is 0 Å². The second-order valence-electron chi connectivity index (χ2n) is 7.15. The summed E-state index contributed by atoms with van der Waals surface area (Å²) in [6, 6.07) is 15.6. The first kappa shape index (κ1) is 25.7. The summed E-state index contributed by atoms with van der Waals surface area (Å²) >= 11 is 1.46. The van der Waals surface area contributed by atoms with Gasteiger partial charge in [0.25, 0.3) is 0 Å². The van der Waals surface area contributed by atoms with Crippen LogP contribution in [0.25, 0.3) is 0 Å². The summed E-state index contributed by atoms with van der Waals surface area (Å²) in [5.74, 6) is -1.50. The zero-order valence-corrected chi connectivity index (χ0v) is 19.4. The van der Waals surface area contributed by atoms with E-state index < -0.39 is 30.6 Å². The van der Waals surface area contributed by atoms with Gasteiger partial charge in [0.15, 0.2) is 0 Å². The second-order valence-corrected chi connectivity index (χ2v) is 8.21. The van der Waals surface area contributed by atoms with Gasteiger partial charge in [-0.15, -0.1) is 24.2 Å². The number of anilines is 1. The van der Waals surface area contributed by atoms with Gasteiger partial charge < -0.3 is 9.84 Å². The van der Waals surface area contributed by atoms with Gasteiger partial charge in [-0.1, -0.05) is 42.5 Å². The molecule has 3 rings (SSSR count). The molecule has 32 heavy (non-hydrogen) atoms. The summed E-state index contributed by atoms with van der Waals surface area (Å²) in [4.78, 5) is 39.4. The first-order valence-corrected chi connectivity index (χ1v) is 11.2. The number of amides is 1. The number of aliphatic carboxylic acids is 1. The van der Waals surface area contributed by atoms with Crippen LogP contribution in [-0.2, 0) is 25.5 Å². The molecule has 0 aromatic heterocycles. The lowest BCUT2D eigenvalue weighted by Gasteiger charge is -2.27. The van der Waals surface area contributed by atoms with Gasteiger partial charge in [-0.2, -0.15) is 0 Å². The van der Waals surface area contributed by atoms with E-state index >= 15 is 0 Å². The molecular weight excluding hydrogens is 452 g/mol. The van der Waals surface area contributed by atoms with Gasteiger partial charge in [-0.3, -0.25) is 24.6 Å². The SMILES string of the molecule is CCOC(=O)[C@H](CCc1ccccc1)N[C@H]1CSc2ccccc2N(CC(=O)O)C1=O.Cl. The number of carbonyl (C=O) groups excluding carboxylic acids is 2. The molecule has 0 aliphatic carbocycles. The molecule has 2 N–H and O–H groups in total. The van der Waals surface area contributed by atoms with Gasteiger partial charge in [0.2, 0.25) is 5.91 Å². The molecule has 2 aromatic carbocycles. The van der Waals surface area contributed by atoms with Crippen LogP contribution in [0.1, 0.15) is 18.9 Å². The number of aryl methyl sites for hydroxylation is 1. The van der Waals surface area contributed by atoms with Crippen molar-refractivity contribution in [1.82, 2.24) is 5.32 Å². The predicted molar refractivity (Wildman–Crippen MR) is 127 cm³/mol. The molecule has 2 aromatic rings. The van der Waals surface area contributed by atoms with Gasteiger partial charge >= 0.3 is 11.9 Å². The topological polar surface area (TPSA) is 95.9 Å². The standard InChI is InChI=1S/C23H26N2O5S.ClH/c1-2-30-23(29)17(13-12-16-8-4-3-5-9-16)24-18-15-31-20-11-7-6-10-19(20)25(22(18)28)14-21(26)27;/h3-11,17-18,24H,2,12-15H2,1H3,(H,26,27);1H/t17-,18-;/m0./s1. The van der Waals surface area contributed by atoms with Crippen LogP contribution in [0.5, 0.6) is 0 Å². The molecular formula is C23H27ClN2O5S. The fourth-order valence-corrected chi connectivity index (χ4v) is 4.57. The Labute approximate surface area is 197 Å². The minimum absolute atomic E-state index is 0. The summed E-state index contributed by atoms with van der Waals surface area (Å²) in [7, 11) is 0. The van der Waals surface area contributed by atoms with E-state index in [1.165, 1.54) is 16.7 Å². The molecule has 0 saturated carbocycles. The largest absolute Gasteiger partial charge is 0.480 e. The minimum atomic E-state index is -1.10. The van der Waals surface area contributed by atoms with Crippen molar-refractivity contribution in [3.05, 3.63) is 60.2 Å². The first-order chi connectivity index (χ1) is 15.0. The van der Waals surface area contributed by atoms with Crippen molar-refractivity contribution in [3.63, 3.8) is 0 Å². The van der Waals surface area contributed by atoms with E-state index in [9.17, 15) is 19.5 Å². The van der Waals surface area contributed by atoms with Crippen molar-refractivity contribution < 1.29 is 24.2 Å². The number of benzene rings is 2. The summed E-state index contributed by atoms with van der Waals surface area (Å²) < 4.78 is 5.23. The van der Waals surface area contributed by atoms with Crippen LogP contribution in [0.15, 0.2) is 59.5 Å². The average molecular weight is 479 g/mol. The van der Waals surface area contributed by atoms with Crippen molar-refractivity contribution >= 4 is 47.7 Å². The Balaban J connectivity index is 0.00000363. The molecule has 1 aliphatic rings. The third-order valence-electron chi connectivity index (χ3n) is 4.96. The van der Waals surface area contributed by atoms with E-state index in [4.69, 9.17) is 4.74 Å². The molecule has 0 spiro atoms. The van der Waals surface area contributed by atoms with E-state index in [-0.39, 0.29) is 24.9 Å². The molecule has 2 atom stereocenters. The highest BCUT2D eigenvalue weighted by Gasteiger charge is 2.34.